The van der Waals surface area contributed by atoms with E-state index in [1.165, 1.54) is 11.3 Å². The quantitative estimate of drug-likeness (QED) is 0.546. The van der Waals surface area contributed by atoms with Crippen LogP contribution in [-0.4, -0.2) is 29.8 Å². The van der Waals surface area contributed by atoms with Crippen molar-refractivity contribution in [3.05, 3.63) is 82.0 Å². The minimum atomic E-state index is -0.211. The van der Waals surface area contributed by atoms with Crippen molar-refractivity contribution in [2.24, 2.45) is 0 Å². The van der Waals surface area contributed by atoms with Gasteiger partial charge in [-0.15, -0.1) is 11.3 Å². The molecule has 0 bridgehead atoms. The Balaban J connectivity index is 1.67. The van der Waals surface area contributed by atoms with Gasteiger partial charge >= 0.3 is 0 Å². The lowest BCUT2D eigenvalue weighted by Crippen LogP contribution is -2.22. The second kappa shape index (κ2) is 10.0. The Morgan fingerprint density at radius 3 is 2.24 bits per heavy atom. The van der Waals surface area contributed by atoms with Gasteiger partial charge in [0.05, 0.1) is 4.88 Å². The summed E-state index contributed by atoms with van der Waals surface area (Å²) in [6, 6.07) is 18.4. The van der Waals surface area contributed by atoms with Gasteiger partial charge in [-0.05, 0) is 60.4 Å². The van der Waals surface area contributed by atoms with Gasteiger partial charge in [0.25, 0.3) is 11.8 Å². The monoisotopic (exact) mass is 407 g/mol. The van der Waals surface area contributed by atoms with Crippen LogP contribution in [0.3, 0.4) is 0 Å². The smallest absolute Gasteiger partial charge is 0.265 e. The maximum absolute atomic E-state index is 12.7. The first-order valence-corrected chi connectivity index (χ1v) is 10.5. The summed E-state index contributed by atoms with van der Waals surface area (Å²) in [5.41, 5.74) is 2.99. The fourth-order valence-electron chi connectivity index (χ4n) is 2.99. The Morgan fingerprint density at radius 2 is 1.55 bits per heavy atom. The fourth-order valence-corrected chi connectivity index (χ4v) is 3.61. The zero-order valence-electron chi connectivity index (χ0n) is 16.6. The predicted octanol–water partition coefficient (Wildman–Crippen LogP) is 5.09. The molecule has 0 aliphatic heterocycles. The van der Waals surface area contributed by atoms with E-state index in [2.05, 4.69) is 35.4 Å². The van der Waals surface area contributed by atoms with Crippen LogP contribution in [0.25, 0.3) is 0 Å². The third kappa shape index (κ3) is 5.76. The number of hydrogen-bond donors (Lipinski definition) is 2. The fraction of sp³-hybridized carbons (Fsp3) is 0.217. The summed E-state index contributed by atoms with van der Waals surface area (Å²) >= 11 is 1.38. The normalized spacial score (nSPS) is 10.7. The molecule has 3 aromatic rings. The van der Waals surface area contributed by atoms with Gasteiger partial charge in [-0.3, -0.25) is 14.5 Å². The molecule has 2 aromatic carbocycles. The lowest BCUT2D eigenvalue weighted by Gasteiger charge is -2.18. The number of amides is 2. The van der Waals surface area contributed by atoms with Crippen LogP contribution in [0, 0.1) is 0 Å². The minimum absolute atomic E-state index is 0.179. The molecular formula is C23H25N3O2S. The van der Waals surface area contributed by atoms with E-state index in [1.54, 1.807) is 30.3 Å². The van der Waals surface area contributed by atoms with Crippen molar-refractivity contribution in [2.75, 3.05) is 23.7 Å². The van der Waals surface area contributed by atoms with E-state index in [-0.39, 0.29) is 11.8 Å². The molecule has 0 aliphatic rings. The molecule has 3 rings (SSSR count). The summed E-state index contributed by atoms with van der Waals surface area (Å²) in [6.07, 6.45) is 0. The average Bonchev–Trinajstić information content (AvgIpc) is 3.27. The van der Waals surface area contributed by atoms with Crippen molar-refractivity contribution in [3.63, 3.8) is 0 Å². The molecule has 6 heteroatoms. The number of nitrogens with one attached hydrogen (secondary N) is 2. The van der Waals surface area contributed by atoms with Crippen LogP contribution < -0.4 is 10.6 Å². The molecule has 1 heterocycles. The van der Waals surface area contributed by atoms with Crippen LogP contribution in [0.15, 0.2) is 66.0 Å². The summed E-state index contributed by atoms with van der Waals surface area (Å²) in [4.78, 5) is 27.9. The van der Waals surface area contributed by atoms with Gasteiger partial charge in [-0.1, -0.05) is 38.1 Å². The van der Waals surface area contributed by atoms with Crippen LogP contribution >= 0.6 is 11.3 Å². The first kappa shape index (κ1) is 20.8. The van der Waals surface area contributed by atoms with Crippen molar-refractivity contribution in [1.29, 1.82) is 0 Å². The maximum Gasteiger partial charge on any atom is 0.265 e. The average molecular weight is 408 g/mol. The zero-order valence-corrected chi connectivity index (χ0v) is 17.5. The van der Waals surface area contributed by atoms with E-state index in [9.17, 15) is 9.59 Å². The number of anilines is 2. The Hall–Kier alpha value is -2.96. The molecule has 0 spiro atoms. The molecule has 0 aliphatic carbocycles. The topological polar surface area (TPSA) is 61.4 Å². The van der Waals surface area contributed by atoms with Crippen molar-refractivity contribution < 1.29 is 9.59 Å². The molecule has 0 saturated carbocycles. The van der Waals surface area contributed by atoms with E-state index in [0.717, 1.165) is 30.9 Å². The number of thiophene rings is 1. The lowest BCUT2D eigenvalue weighted by molar-refractivity contribution is 0.101. The van der Waals surface area contributed by atoms with Crippen LogP contribution in [0.2, 0.25) is 0 Å². The van der Waals surface area contributed by atoms with Crippen molar-refractivity contribution in [2.45, 2.75) is 20.4 Å². The summed E-state index contributed by atoms with van der Waals surface area (Å²) in [7, 11) is 0. The Bertz CT molecular complexity index is 966. The highest BCUT2D eigenvalue weighted by Gasteiger charge is 2.11. The van der Waals surface area contributed by atoms with Gasteiger partial charge in [0.1, 0.15) is 0 Å². The number of nitrogens with zero attached hydrogens (tertiary/aromatic N) is 1. The SMILES string of the molecule is CCN(CC)Cc1cccc(NC(=O)c2cccc(NC(=O)c3cccs3)c2)c1. The highest BCUT2D eigenvalue weighted by Crippen LogP contribution is 2.17. The van der Waals surface area contributed by atoms with Crippen LogP contribution in [-0.2, 0) is 6.54 Å². The molecule has 29 heavy (non-hydrogen) atoms. The molecule has 2 N–H and O–H groups in total. The van der Waals surface area contributed by atoms with Gasteiger partial charge in [-0.2, -0.15) is 0 Å². The predicted molar refractivity (Wildman–Crippen MR) is 120 cm³/mol. The van der Waals surface area contributed by atoms with Gasteiger partial charge in [0, 0.05) is 23.5 Å². The van der Waals surface area contributed by atoms with E-state index < -0.39 is 0 Å². The summed E-state index contributed by atoms with van der Waals surface area (Å²) < 4.78 is 0. The molecule has 0 atom stereocenters. The molecule has 0 fully saturated rings. The van der Waals surface area contributed by atoms with E-state index >= 15 is 0 Å². The lowest BCUT2D eigenvalue weighted by atomic mass is 10.1. The number of rotatable bonds is 8. The first-order valence-electron chi connectivity index (χ1n) is 9.66. The van der Waals surface area contributed by atoms with Gasteiger partial charge in [0.15, 0.2) is 0 Å². The van der Waals surface area contributed by atoms with Crippen molar-refractivity contribution in [1.82, 2.24) is 4.90 Å². The highest BCUT2D eigenvalue weighted by molar-refractivity contribution is 7.12. The molecule has 5 nitrogen and oxygen atoms in total. The van der Waals surface area contributed by atoms with E-state index in [4.69, 9.17) is 0 Å². The van der Waals surface area contributed by atoms with Crippen molar-refractivity contribution >= 4 is 34.5 Å². The standard InChI is InChI=1S/C23H25N3O2S/c1-3-26(4-2)16-17-8-5-10-19(14-17)24-22(27)18-9-6-11-20(15-18)25-23(28)21-12-7-13-29-21/h5-15H,3-4,16H2,1-2H3,(H,24,27)(H,25,28). The minimum Gasteiger partial charge on any atom is -0.322 e. The summed E-state index contributed by atoms with van der Waals surface area (Å²) in [6.45, 7) is 7.09. The van der Waals surface area contributed by atoms with Crippen LogP contribution in [0.5, 0.6) is 0 Å². The molecule has 2 amide bonds. The summed E-state index contributed by atoms with van der Waals surface area (Å²) in [5.74, 6) is -0.390. The number of carbonyl (C=O) groups excluding carboxylic acids is 2. The maximum atomic E-state index is 12.7. The molecule has 1 aromatic heterocycles. The van der Waals surface area contributed by atoms with E-state index in [1.807, 2.05) is 29.6 Å². The van der Waals surface area contributed by atoms with Gasteiger partial charge in [-0.25, -0.2) is 0 Å². The Kier molecular flexibility index (Phi) is 7.16. The van der Waals surface area contributed by atoms with Gasteiger partial charge in [0.2, 0.25) is 0 Å². The number of carbonyl (C=O) groups is 2. The second-order valence-corrected chi connectivity index (χ2v) is 7.58. The third-order valence-electron chi connectivity index (χ3n) is 4.61. The summed E-state index contributed by atoms with van der Waals surface area (Å²) in [5, 5.41) is 7.64. The number of hydrogen-bond acceptors (Lipinski definition) is 4. The highest BCUT2D eigenvalue weighted by atomic mass is 32.1. The first-order chi connectivity index (χ1) is 14.1. The molecule has 150 valence electrons. The molecule has 0 unspecified atom stereocenters. The molecule has 0 saturated heterocycles. The van der Waals surface area contributed by atoms with E-state index in [0.29, 0.717) is 16.1 Å². The largest absolute Gasteiger partial charge is 0.322 e. The Morgan fingerprint density at radius 1 is 0.862 bits per heavy atom. The van der Waals surface area contributed by atoms with Crippen LogP contribution in [0.1, 0.15) is 39.4 Å². The third-order valence-corrected chi connectivity index (χ3v) is 5.48. The molecular weight excluding hydrogens is 382 g/mol. The number of benzene rings is 2. The Labute approximate surface area is 175 Å². The van der Waals surface area contributed by atoms with Gasteiger partial charge < -0.3 is 10.6 Å². The second-order valence-electron chi connectivity index (χ2n) is 6.63. The van der Waals surface area contributed by atoms with Crippen molar-refractivity contribution in [3.8, 4) is 0 Å². The van der Waals surface area contributed by atoms with Crippen LogP contribution in [0.4, 0.5) is 11.4 Å². The zero-order chi connectivity index (χ0) is 20.6. The molecule has 0 radical (unpaired) electrons.